The first kappa shape index (κ1) is 33.5. The molecule has 1 saturated carbocycles. The molecule has 0 unspecified atom stereocenters. The molecule has 48 heavy (non-hydrogen) atoms. The zero-order chi connectivity index (χ0) is 34.0. The number of aryl methyl sites for hydroxylation is 1. The van der Waals surface area contributed by atoms with Gasteiger partial charge in [-0.25, -0.2) is 14.4 Å². The number of halogens is 2. The largest absolute Gasteiger partial charge is 0.361 e. The molecule has 250 valence electrons. The Bertz CT molecular complexity index is 2050. The SMILES string of the molecule is Cn1ccnc1-c1cc(F)ccc1-c1cc(C2CC2)nc(-n2cc(C#N)c3cc(CNCCCF)n(COCC[Si](C)(C)C)c3c2=O)c1. The molecular formula is C36H41F2N7O2Si. The summed E-state index contributed by atoms with van der Waals surface area (Å²) in [6.07, 6.45) is 7.38. The molecule has 1 aromatic carbocycles. The maximum atomic E-state index is 14.6. The topological polar surface area (TPSA) is 103 Å². The number of imidazole rings is 1. The van der Waals surface area contributed by atoms with E-state index in [1.807, 2.05) is 40.6 Å². The van der Waals surface area contributed by atoms with Gasteiger partial charge in [-0.15, -0.1) is 0 Å². The first-order chi connectivity index (χ1) is 23.1. The van der Waals surface area contributed by atoms with Crippen LogP contribution in [0.1, 0.15) is 42.1 Å². The van der Waals surface area contributed by atoms with Gasteiger partial charge in [-0.3, -0.25) is 13.8 Å². The molecule has 1 N–H and O–H groups in total. The fourth-order valence-electron chi connectivity index (χ4n) is 5.89. The molecule has 0 aliphatic heterocycles. The second-order valence-electron chi connectivity index (χ2n) is 13.7. The van der Waals surface area contributed by atoms with Crippen molar-refractivity contribution in [1.29, 1.82) is 5.26 Å². The molecule has 12 heteroatoms. The van der Waals surface area contributed by atoms with Gasteiger partial charge in [0.15, 0.2) is 0 Å². The van der Waals surface area contributed by atoms with Gasteiger partial charge >= 0.3 is 0 Å². The lowest BCUT2D eigenvalue weighted by Crippen LogP contribution is -2.25. The van der Waals surface area contributed by atoms with Gasteiger partial charge in [-0.2, -0.15) is 5.26 Å². The van der Waals surface area contributed by atoms with Crippen LogP contribution in [0, 0.1) is 17.1 Å². The first-order valence-corrected chi connectivity index (χ1v) is 20.1. The lowest BCUT2D eigenvalue weighted by Gasteiger charge is -2.17. The summed E-state index contributed by atoms with van der Waals surface area (Å²) < 4.78 is 38.6. The summed E-state index contributed by atoms with van der Waals surface area (Å²) in [5, 5.41) is 14.1. The van der Waals surface area contributed by atoms with Crippen molar-refractivity contribution in [2.24, 2.45) is 7.05 Å². The number of hydrogen-bond donors (Lipinski definition) is 1. The summed E-state index contributed by atoms with van der Waals surface area (Å²) in [7, 11) is 0.507. The predicted octanol–water partition coefficient (Wildman–Crippen LogP) is 6.90. The molecule has 0 bridgehead atoms. The van der Waals surface area contributed by atoms with Crippen LogP contribution in [0.15, 0.2) is 59.8 Å². The molecule has 5 aromatic rings. The second-order valence-corrected chi connectivity index (χ2v) is 19.3. The number of pyridine rings is 2. The molecule has 0 saturated heterocycles. The van der Waals surface area contributed by atoms with E-state index in [9.17, 15) is 18.8 Å². The highest BCUT2D eigenvalue weighted by atomic mass is 28.3. The van der Waals surface area contributed by atoms with E-state index in [-0.39, 0.29) is 24.0 Å². The summed E-state index contributed by atoms with van der Waals surface area (Å²) in [5.74, 6) is 0.863. The van der Waals surface area contributed by atoms with Gasteiger partial charge in [0.1, 0.15) is 35.8 Å². The Morgan fingerprint density at radius 3 is 2.65 bits per heavy atom. The molecule has 4 aromatic heterocycles. The molecule has 0 amide bonds. The van der Waals surface area contributed by atoms with Crippen LogP contribution >= 0.6 is 0 Å². The van der Waals surface area contributed by atoms with E-state index in [1.54, 1.807) is 18.5 Å². The number of nitriles is 1. The van der Waals surface area contributed by atoms with Crippen molar-refractivity contribution in [1.82, 2.24) is 29.0 Å². The Balaban J connectivity index is 1.50. The molecule has 0 radical (unpaired) electrons. The quantitative estimate of drug-likeness (QED) is 0.102. The third-order valence-electron chi connectivity index (χ3n) is 8.71. The lowest BCUT2D eigenvalue weighted by molar-refractivity contribution is 0.0881. The van der Waals surface area contributed by atoms with Crippen LogP contribution in [-0.2, 0) is 25.1 Å². The highest BCUT2D eigenvalue weighted by molar-refractivity contribution is 6.76. The van der Waals surface area contributed by atoms with Gasteiger partial charge in [0.2, 0.25) is 0 Å². The number of ether oxygens (including phenoxy) is 1. The molecule has 9 nitrogen and oxygen atoms in total. The van der Waals surface area contributed by atoms with Gasteiger partial charge < -0.3 is 19.2 Å². The Hall–Kier alpha value is -4.44. The predicted molar refractivity (Wildman–Crippen MR) is 186 cm³/mol. The van der Waals surface area contributed by atoms with Gasteiger partial charge in [0.25, 0.3) is 5.56 Å². The van der Waals surface area contributed by atoms with Crippen LogP contribution in [0.5, 0.6) is 0 Å². The first-order valence-electron chi connectivity index (χ1n) is 16.4. The molecule has 0 atom stereocenters. The zero-order valence-corrected chi connectivity index (χ0v) is 28.9. The fraction of sp³-hybridized carbons (Fsp3) is 0.389. The van der Waals surface area contributed by atoms with E-state index in [4.69, 9.17) is 9.72 Å². The number of rotatable bonds is 14. The number of benzene rings is 1. The van der Waals surface area contributed by atoms with Crippen LogP contribution in [0.25, 0.3) is 39.2 Å². The Morgan fingerprint density at radius 2 is 1.96 bits per heavy atom. The summed E-state index contributed by atoms with van der Waals surface area (Å²) >= 11 is 0. The van der Waals surface area contributed by atoms with Crippen molar-refractivity contribution in [3.05, 3.63) is 88.1 Å². The normalized spacial score (nSPS) is 13.4. The van der Waals surface area contributed by atoms with Crippen molar-refractivity contribution < 1.29 is 13.5 Å². The lowest BCUT2D eigenvalue weighted by atomic mass is 9.98. The highest BCUT2D eigenvalue weighted by Crippen LogP contribution is 2.42. The van der Waals surface area contributed by atoms with Crippen molar-refractivity contribution in [2.45, 2.75) is 64.1 Å². The van der Waals surface area contributed by atoms with Crippen molar-refractivity contribution in [3.8, 4) is 34.4 Å². The Morgan fingerprint density at radius 1 is 1.15 bits per heavy atom. The molecule has 1 fully saturated rings. The smallest absolute Gasteiger partial charge is 0.280 e. The maximum absolute atomic E-state index is 14.6. The summed E-state index contributed by atoms with van der Waals surface area (Å²) in [6, 6.07) is 13.5. The van der Waals surface area contributed by atoms with Crippen LogP contribution in [-0.4, -0.2) is 51.6 Å². The zero-order valence-electron chi connectivity index (χ0n) is 27.9. The van der Waals surface area contributed by atoms with Crippen LogP contribution in [0.2, 0.25) is 25.7 Å². The van der Waals surface area contributed by atoms with Crippen molar-refractivity contribution >= 4 is 19.0 Å². The monoisotopic (exact) mass is 669 g/mol. The molecule has 0 spiro atoms. The molecular weight excluding hydrogens is 629 g/mol. The van der Waals surface area contributed by atoms with E-state index in [0.29, 0.717) is 59.8 Å². The summed E-state index contributed by atoms with van der Waals surface area (Å²) in [5.41, 5.74) is 4.10. The third kappa shape index (κ3) is 7.18. The van der Waals surface area contributed by atoms with Crippen LogP contribution in [0.3, 0.4) is 0 Å². The number of nitrogens with one attached hydrogen (secondary N) is 1. The van der Waals surface area contributed by atoms with Gasteiger partial charge in [-0.05, 0) is 73.3 Å². The van der Waals surface area contributed by atoms with Gasteiger partial charge in [0, 0.05) is 75.1 Å². The summed E-state index contributed by atoms with van der Waals surface area (Å²) in [6.45, 7) is 7.98. The molecule has 1 aliphatic carbocycles. The number of fused-ring (bicyclic) bond motifs is 1. The van der Waals surface area contributed by atoms with Gasteiger partial charge in [-0.1, -0.05) is 25.7 Å². The van der Waals surface area contributed by atoms with E-state index in [0.717, 1.165) is 41.4 Å². The number of aromatic nitrogens is 5. The number of alkyl halides is 1. The van der Waals surface area contributed by atoms with E-state index in [1.165, 1.54) is 16.7 Å². The van der Waals surface area contributed by atoms with Crippen LogP contribution in [0.4, 0.5) is 8.78 Å². The molecule has 6 rings (SSSR count). The number of nitrogens with zero attached hydrogens (tertiary/aromatic N) is 6. The standard InChI is InChI=1S/C36H41F2N7O2Si/c1-43-13-12-41-35(43)31-18-27(38)8-9-29(31)25-16-32(24-6-7-24)42-33(17-25)44-22-26(20-39)30-19-28(21-40-11-5-10-37)45(34(30)36(44)46)23-47-14-15-48(2,3)4/h8-9,12-13,16-19,22,24,40H,5-7,10-11,14-15,21,23H2,1-4H3. The molecule has 1 aliphatic rings. The Labute approximate surface area is 279 Å². The van der Waals surface area contributed by atoms with Crippen LogP contribution < -0.4 is 10.9 Å². The Kier molecular flexibility index (Phi) is 9.73. The van der Waals surface area contributed by atoms with E-state index < -0.39 is 14.7 Å². The minimum atomic E-state index is -1.35. The van der Waals surface area contributed by atoms with Crippen molar-refractivity contribution in [3.63, 3.8) is 0 Å². The molecule has 4 heterocycles. The maximum Gasteiger partial charge on any atom is 0.280 e. The minimum Gasteiger partial charge on any atom is -0.361 e. The average Bonchev–Trinajstić information content (AvgIpc) is 3.72. The second kappa shape index (κ2) is 14.0. The fourth-order valence-corrected chi connectivity index (χ4v) is 6.64. The van der Waals surface area contributed by atoms with Gasteiger partial charge in [0.05, 0.1) is 12.2 Å². The average molecular weight is 670 g/mol. The highest BCUT2D eigenvalue weighted by Gasteiger charge is 2.28. The summed E-state index contributed by atoms with van der Waals surface area (Å²) in [4.78, 5) is 23.9. The van der Waals surface area contributed by atoms with E-state index in [2.05, 4.69) is 36.0 Å². The minimum absolute atomic E-state index is 0.140. The van der Waals surface area contributed by atoms with Crippen molar-refractivity contribution in [2.75, 3.05) is 19.8 Å². The number of hydrogen-bond acceptors (Lipinski definition) is 6. The third-order valence-corrected chi connectivity index (χ3v) is 10.4. The van der Waals surface area contributed by atoms with E-state index >= 15 is 0 Å².